The van der Waals surface area contributed by atoms with Crippen LogP contribution in [0.5, 0.6) is 11.5 Å². The lowest BCUT2D eigenvalue weighted by Crippen LogP contribution is -2.11. The molecule has 0 aromatic heterocycles. The van der Waals surface area contributed by atoms with Gasteiger partial charge in [0.05, 0.1) is 22.7 Å². The minimum Gasteiger partial charge on any atom is -0.493 e. The molecule has 0 atom stereocenters. The molecule has 3 aromatic carbocycles. The van der Waals surface area contributed by atoms with Crippen molar-refractivity contribution in [1.29, 1.82) is 0 Å². The van der Waals surface area contributed by atoms with Crippen molar-refractivity contribution in [1.82, 2.24) is 0 Å². The van der Waals surface area contributed by atoms with Gasteiger partial charge >= 0.3 is 11.9 Å². The van der Waals surface area contributed by atoms with Crippen LogP contribution in [0.3, 0.4) is 0 Å². The molecule has 0 bridgehead atoms. The van der Waals surface area contributed by atoms with Crippen LogP contribution in [0.25, 0.3) is 10.8 Å². The maximum Gasteiger partial charge on any atom is 0.344 e. The summed E-state index contributed by atoms with van der Waals surface area (Å²) < 4.78 is 11.0. The Labute approximate surface area is 151 Å². The van der Waals surface area contributed by atoms with Crippen molar-refractivity contribution in [3.63, 3.8) is 0 Å². The van der Waals surface area contributed by atoms with Gasteiger partial charge in [0.2, 0.25) is 0 Å². The molecule has 0 saturated heterocycles. The number of benzene rings is 3. The summed E-state index contributed by atoms with van der Waals surface area (Å²) in [5.41, 5.74) is 0.433. The molecule has 1 N–H and O–H groups in total. The van der Waals surface area contributed by atoms with Crippen molar-refractivity contribution in [3.8, 4) is 11.5 Å². The highest BCUT2D eigenvalue weighted by Crippen LogP contribution is 2.37. The Hall–Kier alpha value is -2.86. The summed E-state index contributed by atoms with van der Waals surface area (Å²) in [7, 11) is 1.38. The second kappa shape index (κ2) is 6.94. The Morgan fingerprint density at radius 1 is 1.04 bits per heavy atom. The van der Waals surface area contributed by atoms with Crippen molar-refractivity contribution in [2.75, 3.05) is 7.11 Å². The smallest absolute Gasteiger partial charge is 0.344 e. The molecule has 0 fully saturated rings. The van der Waals surface area contributed by atoms with E-state index in [1.165, 1.54) is 19.2 Å². The number of hydrogen-bond donors (Lipinski definition) is 1. The van der Waals surface area contributed by atoms with Crippen LogP contribution in [-0.2, 0) is 0 Å². The summed E-state index contributed by atoms with van der Waals surface area (Å²) >= 11 is 3.24. The molecule has 5 nitrogen and oxygen atoms in total. The average Bonchev–Trinajstić information content (AvgIpc) is 2.62. The summed E-state index contributed by atoms with van der Waals surface area (Å²) in [5.74, 6) is -1.38. The molecule has 0 aliphatic heterocycles. The van der Waals surface area contributed by atoms with E-state index < -0.39 is 11.9 Å². The molecule has 126 valence electrons. The molecule has 6 heteroatoms. The van der Waals surface area contributed by atoms with E-state index >= 15 is 0 Å². The average molecular weight is 401 g/mol. The van der Waals surface area contributed by atoms with Crippen LogP contribution in [0.1, 0.15) is 20.7 Å². The number of rotatable bonds is 4. The standard InChI is InChI=1S/C19H13BrO5/c1-24-16-10-12(18(21)22)9-15(20)17(16)25-19(23)14-8-4-6-11-5-2-3-7-13(11)14/h2-10H,1H3,(H,21,22). The van der Waals surface area contributed by atoms with Crippen LogP contribution in [0.2, 0.25) is 0 Å². The van der Waals surface area contributed by atoms with Gasteiger partial charge in [0.1, 0.15) is 0 Å². The van der Waals surface area contributed by atoms with Crippen LogP contribution in [0.15, 0.2) is 59.1 Å². The van der Waals surface area contributed by atoms with Crippen LogP contribution >= 0.6 is 15.9 Å². The van der Waals surface area contributed by atoms with E-state index in [2.05, 4.69) is 15.9 Å². The minimum atomic E-state index is -1.11. The molecule has 0 spiro atoms. The zero-order chi connectivity index (χ0) is 18.0. The highest BCUT2D eigenvalue weighted by atomic mass is 79.9. The summed E-state index contributed by atoms with van der Waals surface area (Å²) in [5, 5.41) is 10.8. The van der Waals surface area contributed by atoms with E-state index in [4.69, 9.17) is 14.6 Å². The lowest BCUT2D eigenvalue weighted by atomic mass is 10.0. The molecule has 0 aliphatic carbocycles. The first-order valence-corrected chi connectivity index (χ1v) is 8.11. The van der Waals surface area contributed by atoms with Gasteiger partial charge in [-0.3, -0.25) is 0 Å². The van der Waals surface area contributed by atoms with Crippen molar-refractivity contribution < 1.29 is 24.2 Å². The topological polar surface area (TPSA) is 72.8 Å². The number of ether oxygens (including phenoxy) is 2. The van der Waals surface area contributed by atoms with E-state index in [9.17, 15) is 9.59 Å². The Morgan fingerprint density at radius 3 is 2.48 bits per heavy atom. The van der Waals surface area contributed by atoms with Crippen LogP contribution < -0.4 is 9.47 Å². The van der Waals surface area contributed by atoms with Gasteiger partial charge in [-0.05, 0) is 44.9 Å². The Bertz CT molecular complexity index is 975. The van der Waals surface area contributed by atoms with Crippen molar-refractivity contribution in [2.45, 2.75) is 0 Å². The van der Waals surface area contributed by atoms with Gasteiger partial charge in [-0.1, -0.05) is 36.4 Å². The van der Waals surface area contributed by atoms with Gasteiger partial charge in [0, 0.05) is 0 Å². The fourth-order valence-corrected chi connectivity index (χ4v) is 3.02. The van der Waals surface area contributed by atoms with Gasteiger partial charge in [-0.15, -0.1) is 0 Å². The second-order valence-corrected chi connectivity index (χ2v) is 6.07. The van der Waals surface area contributed by atoms with E-state index in [1.54, 1.807) is 12.1 Å². The van der Waals surface area contributed by atoms with Crippen LogP contribution in [-0.4, -0.2) is 24.2 Å². The third-order valence-corrected chi connectivity index (χ3v) is 4.27. The predicted octanol–water partition coefficient (Wildman–Crippen LogP) is 4.53. The van der Waals surface area contributed by atoms with E-state index in [1.807, 2.05) is 30.3 Å². The first-order chi connectivity index (χ1) is 12.0. The van der Waals surface area contributed by atoms with Gasteiger partial charge < -0.3 is 14.6 Å². The maximum absolute atomic E-state index is 12.7. The number of hydrogen-bond acceptors (Lipinski definition) is 4. The molecular weight excluding hydrogens is 388 g/mol. The maximum atomic E-state index is 12.7. The van der Waals surface area contributed by atoms with Gasteiger partial charge in [0.15, 0.2) is 11.5 Å². The van der Waals surface area contributed by atoms with Gasteiger partial charge in [-0.2, -0.15) is 0 Å². The SMILES string of the molecule is COc1cc(C(=O)O)cc(Br)c1OC(=O)c1cccc2ccccc12. The van der Waals surface area contributed by atoms with Crippen molar-refractivity contribution in [3.05, 3.63) is 70.2 Å². The fourth-order valence-electron chi connectivity index (χ4n) is 2.49. The lowest BCUT2D eigenvalue weighted by Gasteiger charge is -2.13. The molecule has 0 aliphatic rings. The summed E-state index contributed by atoms with van der Waals surface area (Å²) in [6.07, 6.45) is 0. The zero-order valence-electron chi connectivity index (χ0n) is 13.2. The third-order valence-electron chi connectivity index (χ3n) is 3.68. The molecule has 0 heterocycles. The summed E-state index contributed by atoms with van der Waals surface area (Å²) in [6.45, 7) is 0. The first kappa shape index (κ1) is 17.0. The Morgan fingerprint density at radius 2 is 1.76 bits per heavy atom. The van der Waals surface area contributed by atoms with E-state index in [0.29, 0.717) is 10.0 Å². The quantitative estimate of drug-likeness (QED) is 0.514. The molecule has 0 amide bonds. The zero-order valence-corrected chi connectivity index (χ0v) is 14.7. The predicted molar refractivity (Wildman–Crippen MR) is 96.6 cm³/mol. The summed E-state index contributed by atoms with van der Waals surface area (Å²) in [6, 6.07) is 15.5. The van der Waals surface area contributed by atoms with Crippen molar-refractivity contribution in [2.24, 2.45) is 0 Å². The number of carboxylic acid groups (broad SMARTS) is 1. The molecule has 3 aromatic rings. The molecular formula is C19H13BrO5. The first-order valence-electron chi connectivity index (χ1n) is 7.32. The minimum absolute atomic E-state index is 0.0219. The molecule has 3 rings (SSSR count). The van der Waals surface area contributed by atoms with Gasteiger partial charge in [-0.25, -0.2) is 9.59 Å². The van der Waals surface area contributed by atoms with Crippen molar-refractivity contribution >= 4 is 38.6 Å². The highest BCUT2D eigenvalue weighted by molar-refractivity contribution is 9.10. The van der Waals surface area contributed by atoms with Gasteiger partial charge in [0.25, 0.3) is 0 Å². The Balaban J connectivity index is 2.02. The third kappa shape index (κ3) is 3.34. The number of methoxy groups -OCH3 is 1. The monoisotopic (exact) mass is 400 g/mol. The number of carboxylic acids is 1. The summed E-state index contributed by atoms with van der Waals surface area (Å²) in [4.78, 5) is 23.8. The number of fused-ring (bicyclic) bond motifs is 1. The van der Waals surface area contributed by atoms with E-state index in [0.717, 1.165) is 10.8 Å². The number of esters is 1. The molecule has 25 heavy (non-hydrogen) atoms. The highest BCUT2D eigenvalue weighted by Gasteiger charge is 2.20. The lowest BCUT2D eigenvalue weighted by molar-refractivity contribution is 0.0696. The number of carbonyl (C=O) groups is 2. The van der Waals surface area contributed by atoms with Crippen LogP contribution in [0.4, 0.5) is 0 Å². The number of carbonyl (C=O) groups excluding carboxylic acids is 1. The number of aromatic carboxylic acids is 1. The molecule has 0 unspecified atom stereocenters. The fraction of sp³-hybridized carbons (Fsp3) is 0.0526. The van der Waals surface area contributed by atoms with E-state index in [-0.39, 0.29) is 17.1 Å². The van der Waals surface area contributed by atoms with Crippen LogP contribution in [0, 0.1) is 0 Å². The Kier molecular flexibility index (Phi) is 4.72. The largest absolute Gasteiger partial charge is 0.493 e. The normalized spacial score (nSPS) is 10.5. The molecule has 0 saturated carbocycles. The second-order valence-electron chi connectivity index (χ2n) is 5.21. The number of halogens is 1. The molecule has 0 radical (unpaired) electrons.